The Morgan fingerprint density at radius 1 is 0.952 bits per heavy atom. The number of allylic oxidation sites excluding steroid dienone is 2. The SMILES string of the molecule is NS(=O)(=O)c1ccc(C2=C(c3ccccn3)CCC2)cc1. The van der Waals surface area contributed by atoms with Crippen molar-refractivity contribution in [2.24, 2.45) is 5.14 Å². The Morgan fingerprint density at radius 3 is 2.29 bits per heavy atom. The van der Waals surface area contributed by atoms with Gasteiger partial charge in [-0.05, 0) is 60.2 Å². The Labute approximate surface area is 124 Å². The molecule has 3 rings (SSSR count). The van der Waals surface area contributed by atoms with Crippen LogP contribution in [0.15, 0.2) is 53.6 Å². The lowest BCUT2D eigenvalue weighted by Crippen LogP contribution is -2.11. The second-order valence-corrected chi connectivity index (χ2v) is 6.66. The van der Waals surface area contributed by atoms with Gasteiger partial charge in [0.1, 0.15) is 0 Å². The molecule has 0 atom stereocenters. The van der Waals surface area contributed by atoms with Gasteiger partial charge in [-0.15, -0.1) is 0 Å². The Kier molecular flexibility index (Phi) is 3.61. The fourth-order valence-electron chi connectivity index (χ4n) is 2.73. The van der Waals surface area contributed by atoms with Crippen molar-refractivity contribution in [2.45, 2.75) is 24.2 Å². The van der Waals surface area contributed by atoms with Crippen LogP contribution in [0.2, 0.25) is 0 Å². The molecule has 0 spiro atoms. The van der Waals surface area contributed by atoms with Gasteiger partial charge >= 0.3 is 0 Å². The van der Waals surface area contributed by atoms with Gasteiger partial charge < -0.3 is 0 Å². The molecular formula is C16H16N2O2S. The number of hydrogen-bond acceptors (Lipinski definition) is 3. The Hall–Kier alpha value is -1.98. The average molecular weight is 300 g/mol. The summed E-state index contributed by atoms with van der Waals surface area (Å²) < 4.78 is 22.6. The molecular weight excluding hydrogens is 284 g/mol. The zero-order chi connectivity index (χ0) is 14.9. The molecule has 0 aliphatic heterocycles. The van der Waals surface area contributed by atoms with E-state index < -0.39 is 10.0 Å². The molecule has 1 heterocycles. The van der Waals surface area contributed by atoms with E-state index in [4.69, 9.17) is 5.14 Å². The number of aromatic nitrogens is 1. The fraction of sp³-hybridized carbons (Fsp3) is 0.188. The van der Waals surface area contributed by atoms with Crippen molar-refractivity contribution in [3.63, 3.8) is 0 Å². The maximum atomic E-state index is 11.3. The van der Waals surface area contributed by atoms with Crippen molar-refractivity contribution in [1.82, 2.24) is 4.98 Å². The first kappa shape index (κ1) is 14.0. The molecule has 1 aliphatic carbocycles. The van der Waals surface area contributed by atoms with Crippen molar-refractivity contribution in [1.29, 1.82) is 0 Å². The van der Waals surface area contributed by atoms with Gasteiger partial charge in [0.15, 0.2) is 0 Å². The van der Waals surface area contributed by atoms with Gasteiger partial charge in [0.05, 0.1) is 10.6 Å². The molecule has 2 aromatic rings. The largest absolute Gasteiger partial charge is 0.257 e. The van der Waals surface area contributed by atoms with E-state index in [9.17, 15) is 8.42 Å². The molecule has 21 heavy (non-hydrogen) atoms. The molecule has 0 saturated carbocycles. The van der Waals surface area contributed by atoms with E-state index in [2.05, 4.69) is 4.98 Å². The summed E-state index contributed by atoms with van der Waals surface area (Å²) in [6.45, 7) is 0. The summed E-state index contributed by atoms with van der Waals surface area (Å²) in [5, 5.41) is 5.13. The van der Waals surface area contributed by atoms with E-state index in [0.29, 0.717) is 0 Å². The predicted molar refractivity (Wildman–Crippen MR) is 82.7 cm³/mol. The molecule has 0 bridgehead atoms. The number of hydrogen-bond donors (Lipinski definition) is 1. The van der Waals surface area contributed by atoms with Gasteiger partial charge in [-0.25, -0.2) is 13.6 Å². The minimum Gasteiger partial charge on any atom is -0.257 e. The van der Waals surface area contributed by atoms with Gasteiger partial charge in [0.25, 0.3) is 0 Å². The van der Waals surface area contributed by atoms with Crippen LogP contribution < -0.4 is 5.14 Å². The molecule has 1 aromatic heterocycles. The predicted octanol–water partition coefficient (Wildman–Crippen LogP) is 2.82. The molecule has 0 fully saturated rings. The molecule has 0 saturated heterocycles. The van der Waals surface area contributed by atoms with Gasteiger partial charge in [-0.3, -0.25) is 4.98 Å². The Morgan fingerprint density at radius 2 is 1.67 bits per heavy atom. The lowest BCUT2D eigenvalue weighted by atomic mass is 10.00. The van der Waals surface area contributed by atoms with Crippen LogP contribution in [0.5, 0.6) is 0 Å². The van der Waals surface area contributed by atoms with Crippen molar-refractivity contribution >= 4 is 21.2 Å². The number of primary sulfonamides is 1. The lowest BCUT2D eigenvalue weighted by Gasteiger charge is -2.08. The zero-order valence-corrected chi connectivity index (χ0v) is 12.3. The minimum absolute atomic E-state index is 0.143. The lowest BCUT2D eigenvalue weighted by molar-refractivity contribution is 0.598. The summed E-state index contributed by atoms with van der Waals surface area (Å²) in [4.78, 5) is 4.56. The summed E-state index contributed by atoms with van der Waals surface area (Å²) in [6, 6.07) is 12.7. The first-order valence-electron chi connectivity index (χ1n) is 6.82. The number of nitrogens with two attached hydrogens (primary N) is 1. The molecule has 0 unspecified atom stereocenters. The maximum absolute atomic E-state index is 11.3. The minimum atomic E-state index is -3.64. The monoisotopic (exact) mass is 300 g/mol. The molecule has 5 heteroatoms. The van der Waals surface area contributed by atoms with Crippen LogP contribution >= 0.6 is 0 Å². The fourth-order valence-corrected chi connectivity index (χ4v) is 3.25. The van der Waals surface area contributed by atoms with Crippen molar-refractivity contribution in [3.05, 3.63) is 59.9 Å². The normalized spacial score (nSPS) is 15.5. The van der Waals surface area contributed by atoms with Crippen LogP contribution in [0.3, 0.4) is 0 Å². The van der Waals surface area contributed by atoms with Gasteiger partial charge in [0.2, 0.25) is 10.0 Å². The second-order valence-electron chi connectivity index (χ2n) is 5.10. The highest BCUT2D eigenvalue weighted by Crippen LogP contribution is 2.39. The molecule has 4 nitrogen and oxygen atoms in total. The Bertz CT molecular complexity index is 779. The summed E-state index contributed by atoms with van der Waals surface area (Å²) in [6.07, 6.45) is 4.88. The number of benzene rings is 1. The topological polar surface area (TPSA) is 73.1 Å². The smallest absolute Gasteiger partial charge is 0.238 e. The van der Waals surface area contributed by atoms with E-state index in [1.54, 1.807) is 18.3 Å². The van der Waals surface area contributed by atoms with E-state index in [0.717, 1.165) is 30.5 Å². The van der Waals surface area contributed by atoms with Gasteiger partial charge in [-0.1, -0.05) is 18.2 Å². The zero-order valence-electron chi connectivity index (χ0n) is 11.5. The van der Waals surface area contributed by atoms with Crippen LogP contribution in [0.4, 0.5) is 0 Å². The number of pyridine rings is 1. The van der Waals surface area contributed by atoms with E-state index in [1.807, 2.05) is 30.3 Å². The van der Waals surface area contributed by atoms with E-state index >= 15 is 0 Å². The quantitative estimate of drug-likeness (QED) is 0.947. The maximum Gasteiger partial charge on any atom is 0.238 e. The summed E-state index contributed by atoms with van der Waals surface area (Å²) in [5.41, 5.74) is 4.54. The highest BCUT2D eigenvalue weighted by Gasteiger charge is 2.18. The molecule has 0 radical (unpaired) electrons. The van der Waals surface area contributed by atoms with Crippen molar-refractivity contribution in [2.75, 3.05) is 0 Å². The third kappa shape index (κ3) is 2.89. The third-order valence-electron chi connectivity index (χ3n) is 3.72. The summed E-state index contributed by atoms with van der Waals surface area (Å²) in [5.74, 6) is 0. The van der Waals surface area contributed by atoms with Gasteiger partial charge in [-0.2, -0.15) is 0 Å². The number of nitrogens with zero attached hydrogens (tertiary/aromatic N) is 1. The van der Waals surface area contributed by atoms with E-state index in [-0.39, 0.29) is 4.90 Å². The molecule has 2 N–H and O–H groups in total. The average Bonchev–Trinajstić information content (AvgIpc) is 2.97. The van der Waals surface area contributed by atoms with Crippen molar-refractivity contribution in [3.8, 4) is 0 Å². The van der Waals surface area contributed by atoms with Gasteiger partial charge in [0, 0.05) is 6.20 Å². The third-order valence-corrected chi connectivity index (χ3v) is 4.65. The van der Waals surface area contributed by atoms with Crippen LogP contribution in [0.25, 0.3) is 11.1 Å². The van der Waals surface area contributed by atoms with Crippen LogP contribution in [0.1, 0.15) is 30.5 Å². The summed E-state index contributed by atoms with van der Waals surface area (Å²) in [7, 11) is -3.64. The van der Waals surface area contributed by atoms with Crippen LogP contribution in [-0.2, 0) is 10.0 Å². The van der Waals surface area contributed by atoms with E-state index in [1.165, 1.54) is 11.1 Å². The number of sulfonamides is 1. The second kappa shape index (κ2) is 5.42. The molecule has 0 amide bonds. The highest BCUT2D eigenvalue weighted by molar-refractivity contribution is 7.89. The highest BCUT2D eigenvalue weighted by atomic mass is 32.2. The molecule has 1 aliphatic rings. The van der Waals surface area contributed by atoms with Crippen LogP contribution in [0, 0.1) is 0 Å². The first-order chi connectivity index (χ1) is 10.1. The standard InChI is InChI=1S/C16H16N2O2S/c17-21(19,20)13-9-7-12(8-10-13)14-4-3-5-15(14)16-6-1-2-11-18-16/h1-2,6-11H,3-5H2,(H2,17,19,20). The van der Waals surface area contributed by atoms with Crippen molar-refractivity contribution < 1.29 is 8.42 Å². The molecule has 1 aromatic carbocycles. The first-order valence-corrected chi connectivity index (χ1v) is 8.37. The molecule has 108 valence electrons. The summed E-state index contributed by atoms with van der Waals surface area (Å²) >= 11 is 0. The Balaban J connectivity index is 2.03. The number of rotatable bonds is 3. The van der Waals surface area contributed by atoms with Crippen LogP contribution in [-0.4, -0.2) is 13.4 Å².